The Bertz CT molecular complexity index is 428. The summed E-state index contributed by atoms with van der Waals surface area (Å²) in [7, 11) is 0. The molecule has 0 aromatic carbocycles. The number of rotatable bonds is 5. The van der Waals surface area contributed by atoms with Crippen molar-refractivity contribution >= 4 is 17.2 Å². The van der Waals surface area contributed by atoms with E-state index in [-0.39, 0.29) is 17.6 Å². The topological polar surface area (TPSA) is 41.6 Å². The van der Waals surface area contributed by atoms with Gasteiger partial charge in [-0.25, -0.2) is 0 Å². The van der Waals surface area contributed by atoms with Gasteiger partial charge in [-0.15, -0.1) is 11.3 Å². The minimum Gasteiger partial charge on any atom is -0.380 e. The molecule has 1 unspecified atom stereocenters. The summed E-state index contributed by atoms with van der Waals surface area (Å²) in [5, 5.41) is 5.56. The van der Waals surface area contributed by atoms with Crippen LogP contribution >= 0.6 is 11.3 Å². The van der Waals surface area contributed by atoms with Crippen LogP contribution in [0.15, 0.2) is 17.5 Å². The standard InChI is InChI=1S/C13H18N2O2S/c1-2-17-8-7-15-11(10-4-3-9-18-10)14-13(5-6-13)12(15)16/h3-4,9,11,14H,2,5-8H2,1H3. The van der Waals surface area contributed by atoms with Gasteiger partial charge in [0.25, 0.3) is 0 Å². The van der Waals surface area contributed by atoms with E-state index >= 15 is 0 Å². The molecule has 2 heterocycles. The molecule has 1 spiro atoms. The van der Waals surface area contributed by atoms with Gasteiger partial charge in [-0.05, 0) is 31.2 Å². The SMILES string of the molecule is CCOCCN1C(=O)C2(CC2)NC1c1cccs1. The Labute approximate surface area is 111 Å². The molecule has 1 aliphatic heterocycles. The molecule has 1 amide bonds. The van der Waals surface area contributed by atoms with Gasteiger partial charge in [-0.1, -0.05) is 6.07 Å². The van der Waals surface area contributed by atoms with Gasteiger partial charge in [0.1, 0.15) is 11.7 Å². The Kier molecular flexibility index (Phi) is 3.13. The molecule has 1 N–H and O–H groups in total. The monoisotopic (exact) mass is 266 g/mol. The second-order valence-corrected chi connectivity index (χ2v) is 5.82. The first kappa shape index (κ1) is 12.1. The molecule has 4 nitrogen and oxygen atoms in total. The maximum Gasteiger partial charge on any atom is 0.244 e. The molecule has 18 heavy (non-hydrogen) atoms. The Hall–Kier alpha value is -0.910. The van der Waals surface area contributed by atoms with Crippen LogP contribution in [0.5, 0.6) is 0 Å². The molecular weight excluding hydrogens is 248 g/mol. The third-order valence-corrected chi connectivity index (χ3v) is 4.56. The minimum atomic E-state index is -0.249. The molecule has 1 aromatic rings. The molecule has 1 atom stereocenters. The van der Waals surface area contributed by atoms with Crippen molar-refractivity contribution < 1.29 is 9.53 Å². The van der Waals surface area contributed by atoms with E-state index in [1.54, 1.807) is 11.3 Å². The molecule has 1 saturated heterocycles. The number of amides is 1. The number of nitrogens with one attached hydrogen (secondary N) is 1. The Morgan fingerprint density at radius 3 is 3.06 bits per heavy atom. The number of thiophene rings is 1. The first-order valence-corrected chi connectivity index (χ1v) is 7.35. The van der Waals surface area contributed by atoms with E-state index in [0.717, 1.165) is 12.8 Å². The first-order chi connectivity index (χ1) is 8.77. The number of hydrogen-bond acceptors (Lipinski definition) is 4. The quantitative estimate of drug-likeness (QED) is 0.826. The van der Waals surface area contributed by atoms with Crippen LogP contribution < -0.4 is 5.32 Å². The number of hydrogen-bond donors (Lipinski definition) is 1. The van der Waals surface area contributed by atoms with E-state index in [0.29, 0.717) is 19.8 Å². The summed E-state index contributed by atoms with van der Waals surface area (Å²) in [6.07, 6.45) is 1.98. The van der Waals surface area contributed by atoms with Gasteiger partial charge in [0, 0.05) is 18.0 Å². The summed E-state index contributed by atoms with van der Waals surface area (Å²) >= 11 is 1.70. The van der Waals surface area contributed by atoms with Crippen LogP contribution in [0, 0.1) is 0 Å². The molecule has 0 bridgehead atoms. The molecule has 98 valence electrons. The van der Waals surface area contributed by atoms with E-state index in [2.05, 4.69) is 16.8 Å². The summed E-state index contributed by atoms with van der Waals surface area (Å²) in [6.45, 7) is 3.96. The fourth-order valence-corrected chi connectivity index (χ4v) is 3.27. The van der Waals surface area contributed by atoms with Gasteiger partial charge in [0.05, 0.1) is 6.61 Å². The molecule has 5 heteroatoms. The molecule has 3 rings (SSSR count). The van der Waals surface area contributed by atoms with Crippen molar-refractivity contribution in [3.63, 3.8) is 0 Å². The highest BCUT2D eigenvalue weighted by atomic mass is 32.1. The predicted molar refractivity (Wildman–Crippen MR) is 70.4 cm³/mol. The number of nitrogens with zero attached hydrogens (tertiary/aromatic N) is 1. The lowest BCUT2D eigenvalue weighted by atomic mass is 10.3. The highest BCUT2D eigenvalue weighted by Gasteiger charge is 2.59. The molecule has 2 aliphatic rings. The van der Waals surface area contributed by atoms with Crippen molar-refractivity contribution in [1.82, 2.24) is 10.2 Å². The maximum atomic E-state index is 12.4. The zero-order valence-corrected chi connectivity index (χ0v) is 11.3. The molecular formula is C13H18N2O2S. The highest BCUT2D eigenvalue weighted by Crippen LogP contribution is 2.46. The molecule has 0 radical (unpaired) electrons. The Morgan fingerprint density at radius 2 is 2.44 bits per heavy atom. The lowest BCUT2D eigenvalue weighted by Gasteiger charge is -2.23. The third-order valence-electron chi connectivity index (χ3n) is 3.64. The van der Waals surface area contributed by atoms with E-state index < -0.39 is 0 Å². The maximum absolute atomic E-state index is 12.4. The Balaban J connectivity index is 1.76. The second-order valence-electron chi connectivity index (χ2n) is 4.84. The molecule has 1 aromatic heterocycles. The molecule has 2 fully saturated rings. The zero-order chi connectivity index (χ0) is 12.6. The van der Waals surface area contributed by atoms with Crippen molar-refractivity contribution in [2.45, 2.75) is 31.5 Å². The smallest absolute Gasteiger partial charge is 0.244 e. The van der Waals surface area contributed by atoms with Gasteiger partial charge in [-0.3, -0.25) is 10.1 Å². The van der Waals surface area contributed by atoms with Crippen molar-refractivity contribution in [2.75, 3.05) is 19.8 Å². The first-order valence-electron chi connectivity index (χ1n) is 6.47. The number of carbonyl (C=O) groups excluding carboxylic acids is 1. The van der Waals surface area contributed by atoms with Crippen LogP contribution in [0.3, 0.4) is 0 Å². The van der Waals surface area contributed by atoms with Crippen molar-refractivity contribution in [3.05, 3.63) is 22.4 Å². The fourth-order valence-electron chi connectivity index (χ4n) is 2.49. The molecule has 1 aliphatic carbocycles. The Morgan fingerprint density at radius 1 is 1.61 bits per heavy atom. The van der Waals surface area contributed by atoms with Gasteiger partial charge in [0.15, 0.2) is 0 Å². The summed E-state index contributed by atoms with van der Waals surface area (Å²) in [4.78, 5) is 15.6. The summed E-state index contributed by atoms with van der Waals surface area (Å²) in [6, 6.07) is 4.12. The summed E-state index contributed by atoms with van der Waals surface area (Å²) in [5.74, 6) is 0.251. The predicted octanol–water partition coefficient (Wildman–Crippen LogP) is 1.75. The lowest BCUT2D eigenvalue weighted by molar-refractivity contribution is -0.131. The van der Waals surface area contributed by atoms with Crippen LogP contribution in [0.1, 0.15) is 30.8 Å². The van der Waals surface area contributed by atoms with E-state index in [1.165, 1.54) is 4.88 Å². The van der Waals surface area contributed by atoms with Crippen LogP contribution in [0.2, 0.25) is 0 Å². The third kappa shape index (κ3) is 1.96. The minimum absolute atomic E-state index is 0.0421. The van der Waals surface area contributed by atoms with Crippen LogP contribution in [-0.4, -0.2) is 36.1 Å². The molecule has 1 saturated carbocycles. The van der Waals surface area contributed by atoms with Crippen molar-refractivity contribution in [1.29, 1.82) is 0 Å². The van der Waals surface area contributed by atoms with Crippen LogP contribution in [0.25, 0.3) is 0 Å². The van der Waals surface area contributed by atoms with Gasteiger partial charge in [-0.2, -0.15) is 0 Å². The summed E-state index contributed by atoms with van der Waals surface area (Å²) in [5.41, 5.74) is -0.249. The van der Waals surface area contributed by atoms with E-state index in [9.17, 15) is 4.79 Å². The highest BCUT2D eigenvalue weighted by molar-refractivity contribution is 7.10. The van der Waals surface area contributed by atoms with Crippen LogP contribution in [0.4, 0.5) is 0 Å². The van der Waals surface area contributed by atoms with Gasteiger partial charge >= 0.3 is 0 Å². The lowest BCUT2D eigenvalue weighted by Crippen LogP contribution is -2.34. The van der Waals surface area contributed by atoms with Crippen molar-refractivity contribution in [2.24, 2.45) is 0 Å². The van der Waals surface area contributed by atoms with Crippen molar-refractivity contribution in [3.8, 4) is 0 Å². The van der Waals surface area contributed by atoms with E-state index in [1.807, 2.05) is 17.9 Å². The average Bonchev–Trinajstić information content (AvgIpc) is 2.85. The van der Waals surface area contributed by atoms with Crippen LogP contribution in [-0.2, 0) is 9.53 Å². The van der Waals surface area contributed by atoms with Gasteiger partial charge in [0.2, 0.25) is 5.91 Å². The van der Waals surface area contributed by atoms with Gasteiger partial charge < -0.3 is 9.64 Å². The average molecular weight is 266 g/mol. The second kappa shape index (κ2) is 4.64. The zero-order valence-electron chi connectivity index (χ0n) is 10.5. The normalized spacial score (nSPS) is 25.1. The number of carbonyl (C=O) groups is 1. The largest absolute Gasteiger partial charge is 0.380 e. The fraction of sp³-hybridized carbons (Fsp3) is 0.615. The van der Waals surface area contributed by atoms with E-state index in [4.69, 9.17) is 4.74 Å². The number of ether oxygens (including phenoxy) is 1. The summed E-state index contributed by atoms with van der Waals surface area (Å²) < 4.78 is 5.38.